The number of aromatic nitrogens is 2. The molecule has 1 aromatic carbocycles. The first kappa shape index (κ1) is 8.52. The SMILES string of the molecule is Cc1ccccc1-n1ccc(C#N)n1. The maximum Gasteiger partial charge on any atom is 0.162 e. The molecule has 0 aliphatic carbocycles. The second-order valence-corrected chi connectivity index (χ2v) is 3.04. The highest BCUT2D eigenvalue weighted by molar-refractivity contribution is 5.39. The Balaban J connectivity index is 2.51. The minimum absolute atomic E-state index is 0.438. The Morgan fingerprint density at radius 1 is 1.29 bits per heavy atom. The van der Waals surface area contributed by atoms with Crippen LogP contribution in [0.25, 0.3) is 5.69 Å². The Morgan fingerprint density at radius 2 is 2.07 bits per heavy atom. The summed E-state index contributed by atoms with van der Waals surface area (Å²) in [4.78, 5) is 0. The van der Waals surface area contributed by atoms with Gasteiger partial charge in [-0.1, -0.05) is 18.2 Å². The van der Waals surface area contributed by atoms with Crippen LogP contribution < -0.4 is 0 Å². The molecule has 0 radical (unpaired) electrons. The predicted octanol–water partition coefficient (Wildman–Crippen LogP) is 2.05. The van der Waals surface area contributed by atoms with Gasteiger partial charge in [0.05, 0.1) is 5.69 Å². The molecule has 0 aliphatic rings. The lowest BCUT2D eigenvalue weighted by Gasteiger charge is -2.03. The zero-order chi connectivity index (χ0) is 9.97. The highest BCUT2D eigenvalue weighted by Gasteiger charge is 2.01. The van der Waals surface area contributed by atoms with E-state index in [-0.39, 0.29) is 0 Å². The van der Waals surface area contributed by atoms with Crippen LogP contribution in [0.4, 0.5) is 0 Å². The summed E-state index contributed by atoms with van der Waals surface area (Å²) in [5.74, 6) is 0. The molecule has 2 rings (SSSR count). The molecule has 0 N–H and O–H groups in total. The molecule has 1 heterocycles. The second-order valence-electron chi connectivity index (χ2n) is 3.04. The lowest BCUT2D eigenvalue weighted by Crippen LogP contribution is -1.97. The lowest BCUT2D eigenvalue weighted by atomic mass is 10.2. The normalized spacial score (nSPS) is 9.71. The van der Waals surface area contributed by atoms with Gasteiger partial charge in [0.25, 0.3) is 0 Å². The summed E-state index contributed by atoms with van der Waals surface area (Å²) in [6, 6.07) is 11.6. The number of benzene rings is 1. The van der Waals surface area contributed by atoms with Gasteiger partial charge in [0.1, 0.15) is 6.07 Å². The fourth-order valence-electron chi connectivity index (χ4n) is 1.34. The standard InChI is InChI=1S/C11H9N3/c1-9-4-2-3-5-11(9)14-7-6-10(8-12)13-14/h2-7H,1H3. The molecular weight excluding hydrogens is 174 g/mol. The molecule has 3 heteroatoms. The number of nitrogens with zero attached hydrogens (tertiary/aromatic N) is 3. The molecule has 0 fully saturated rings. The summed E-state index contributed by atoms with van der Waals surface area (Å²) >= 11 is 0. The number of nitriles is 1. The van der Waals surface area contributed by atoms with Crippen molar-refractivity contribution in [2.75, 3.05) is 0 Å². The van der Waals surface area contributed by atoms with Crippen LogP contribution in [-0.2, 0) is 0 Å². The highest BCUT2D eigenvalue weighted by Crippen LogP contribution is 2.12. The van der Waals surface area contributed by atoms with E-state index >= 15 is 0 Å². The van der Waals surface area contributed by atoms with Crippen molar-refractivity contribution in [3.63, 3.8) is 0 Å². The van der Waals surface area contributed by atoms with Crippen LogP contribution in [0.1, 0.15) is 11.3 Å². The topological polar surface area (TPSA) is 41.6 Å². The van der Waals surface area contributed by atoms with E-state index in [0.717, 1.165) is 11.3 Å². The van der Waals surface area contributed by atoms with Crippen molar-refractivity contribution < 1.29 is 0 Å². The van der Waals surface area contributed by atoms with Gasteiger partial charge in [-0.3, -0.25) is 0 Å². The van der Waals surface area contributed by atoms with Crippen molar-refractivity contribution in [1.82, 2.24) is 9.78 Å². The fraction of sp³-hybridized carbons (Fsp3) is 0.0909. The van der Waals surface area contributed by atoms with E-state index in [4.69, 9.17) is 5.26 Å². The van der Waals surface area contributed by atoms with Crippen molar-refractivity contribution in [3.05, 3.63) is 47.8 Å². The molecule has 0 saturated carbocycles. The third-order valence-corrected chi connectivity index (χ3v) is 2.07. The Bertz CT molecular complexity index is 491. The molecule has 0 saturated heterocycles. The van der Waals surface area contributed by atoms with Gasteiger partial charge in [0.15, 0.2) is 5.69 Å². The van der Waals surface area contributed by atoms with Gasteiger partial charge in [0.2, 0.25) is 0 Å². The van der Waals surface area contributed by atoms with E-state index in [0.29, 0.717) is 5.69 Å². The maximum absolute atomic E-state index is 8.64. The molecule has 1 aromatic heterocycles. The van der Waals surface area contributed by atoms with Crippen molar-refractivity contribution in [2.24, 2.45) is 0 Å². The van der Waals surface area contributed by atoms with E-state index in [9.17, 15) is 0 Å². The molecule has 0 aliphatic heterocycles. The van der Waals surface area contributed by atoms with Gasteiger partial charge >= 0.3 is 0 Å². The minimum atomic E-state index is 0.438. The van der Waals surface area contributed by atoms with Crippen molar-refractivity contribution >= 4 is 0 Å². The lowest BCUT2D eigenvalue weighted by molar-refractivity contribution is 0.866. The van der Waals surface area contributed by atoms with Crippen molar-refractivity contribution in [2.45, 2.75) is 6.92 Å². The van der Waals surface area contributed by atoms with Crippen LogP contribution in [0.2, 0.25) is 0 Å². The number of rotatable bonds is 1. The first-order chi connectivity index (χ1) is 6.81. The Hall–Kier alpha value is -2.08. The van der Waals surface area contributed by atoms with Gasteiger partial charge < -0.3 is 0 Å². The molecule has 0 unspecified atom stereocenters. The smallest absolute Gasteiger partial charge is 0.162 e. The summed E-state index contributed by atoms with van der Waals surface area (Å²) in [6.45, 7) is 2.02. The van der Waals surface area contributed by atoms with E-state index in [1.54, 1.807) is 16.9 Å². The minimum Gasteiger partial charge on any atom is -0.239 e. The Labute approximate surface area is 82.2 Å². The summed E-state index contributed by atoms with van der Waals surface area (Å²) < 4.78 is 1.72. The summed E-state index contributed by atoms with van der Waals surface area (Å²) in [7, 11) is 0. The molecule has 3 nitrogen and oxygen atoms in total. The molecule has 14 heavy (non-hydrogen) atoms. The third kappa shape index (κ3) is 1.38. The molecule has 0 bridgehead atoms. The number of hydrogen-bond acceptors (Lipinski definition) is 2. The van der Waals surface area contributed by atoms with Gasteiger partial charge in [-0.2, -0.15) is 10.4 Å². The van der Waals surface area contributed by atoms with Crippen LogP contribution in [0.5, 0.6) is 0 Å². The average molecular weight is 183 g/mol. The van der Waals surface area contributed by atoms with Crippen molar-refractivity contribution in [3.8, 4) is 11.8 Å². The van der Waals surface area contributed by atoms with E-state index in [1.807, 2.05) is 37.3 Å². The highest BCUT2D eigenvalue weighted by atomic mass is 15.3. The largest absolute Gasteiger partial charge is 0.239 e. The first-order valence-electron chi connectivity index (χ1n) is 4.33. The summed E-state index contributed by atoms with van der Waals surface area (Å²) in [5.41, 5.74) is 2.59. The molecule has 68 valence electrons. The quantitative estimate of drug-likeness (QED) is 0.679. The van der Waals surface area contributed by atoms with Crippen molar-refractivity contribution in [1.29, 1.82) is 5.26 Å². The molecule has 2 aromatic rings. The Morgan fingerprint density at radius 3 is 2.71 bits per heavy atom. The van der Waals surface area contributed by atoms with Gasteiger partial charge in [0, 0.05) is 6.20 Å². The van der Waals surface area contributed by atoms with E-state index in [1.165, 1.54) is 0 Å². The monoisotopic (exact) mass is 183 g/mol. The van der Waals surface area contributed by atoms with Gasteiger partial charge in [-0.05, 0) is 24.6 Å². The van der Waals surface area contributed by atoms with Gasteiger partial charge in [-0.25, -0.2) is 4.68 Å². The van der Waals surface area contributed by atoms with Gasteiger partial charge in [-0.15, -0.1) is 0 Å². The maximum atomic E-state index is 8.64. The average Bonchev–Trinajstić information content (AvgIpc) is 2.67. The third-order valence-electron chi connectivity index (χ3n) is 2.07. The molecule has 0 amide bonds. The van der Waals surface area contributed by atoms with Crippen LogP contribution in [0, 0.1) is 18.3 Å². The second kappa shape index (κ2) is 3.35. The zero-order valence-electron chi connectivity index (χ0n) is 7.81. The fourth-order valence-corrected chi connectivity index (χ4v) is 1.34. The van der Waals surface area contributed by atoms with Crippen LogP contribution in [0.15, 0.2) is 36.5 Å². The number of hydrogen-bond donors (Lipinski definition) is 0. The molecule has 0 spiro atoms. The van der Waals surface area contributed by atoms with E-state index < -0.39 is 0 Å². The Kier molecular flexibility index (Phi) is 2.04. The molecular formula is C11H9N3. The summed E-state index contributed by atoms with van der Waals surface area (Å²) in [6.07, 6.45) is 1.79. The zero-order valence-corrected chi connectivity index (χ0v) is 7.81. The van der Waals surface area contributed by atoms with E-state index in [2.05, 4.69) is 5.10 Å². The predicted molar refractivity (Wildman–Crippen MR) is 53.0 cm³/mol. The van der Waals surface area contributed by atoms with Crippen LogP contribution in [-0.4, -0.2) is 9.78 Å². The number of para-hydroxylation sites is 1. The van der Waals surface area contributed by atoms with Crippen LogP contribution >= 0.6 is 0 Å². The summed E-state index contributed by atoms with van der Waals surface area (Å²) in [5, 5.41) is 12.8. The number of aryl methyl sites for hydroxylation is 1. The molecule has 0 atom stereocenters. The first-order valence-corrected chi connectivity index (χ1v) is 4.33. The van der Waals surface area contributed by atoms with Crippen LogP contribution in [0.3, 0.4) is 0 Å².